The van der Waals surface area contributed by atoms with Crippen molar-refractivity contribution in [1.29, 1.82) is 0 Å². The van der Waals surface area contributed by atoms with Gasteiger partial charge in [-0.15, -0.1) is 0 Å². The molecular formula is C108H88B2N2Si2. The molecule has 0 fully saturated rings. The zero-order chi connectivity index (χ0) is 77.3. The van der Waals surface area contributed by atoms with E-state index < -0.39 is 16.1 Å². The van der Waals surface area contributed by atoms with Crippen molar-refractivity contribution in [1.82, 2.24) is 0 Å². The van der Waals surface area contributed by atoms with Crippen molar-refractivity contribution in [3.05, 3.63) is 399 Å². The molecular weight excluding hydrogens is 1400 g/mol. The molecule has 0 N–H and O–H groups in total. The van der Waals surface area contributed by atoms with Crippen molar-refractivity contribution in [2.45, 2.75) is 53.1 Å². The molecule has 20 rings (SSSR count). The van der Waals surface area contributed by atoms with E-state index in [4.69, 9.17) is 0 Å². The minimum atomic E-state index is -1.47. The highest BCUT2D eigenvalue weighted by molar-refractivity contribution is 6.98. The molecule has 6 heteroatoms. The van der Waals surface area contributed by atoms with Gasteiger partial charge in [0.25, 0.3) is 0 Å². The molecule has 0 bridgehead atoms. The van der Waals surface area contributed by atoms with Crippen molar-refractivity contribution in [2.75, 3.05) is 9.80 Å². The van der Waals surface area contributed by atoms with Crippen molar-refractivity contribution in [3.8, 4) is 22.3 Å². The number of rotatable bonds is 16. The van der Waals surface area contributed by atoms with Crippen molar-refractivity contribution in [3.63, 3.8) is 0 Å². The molecule has 0 amide bonds. The number of hydrogen-bond donors (Lipinski definition) is 0. The van der Waals surface area contributed by atoms with Crippen LogP contribution in [0.15, 0.2) is 388 Å². The summed E-state index contributed by atoms with van der Waals surface area (Å²) in [6.45, 7) is 19.5. The second kappa shape index (κ2) is 29.4. The number of nitrogens with zero attached hydrogens (tertiary/aromatic N) is 2. The van der Waals surface area contributed by atoms with Crippen LogP contribution < -0.4 is 53.0 Å². The average molecular weight is 1490 g/mol. The molecule has 2 nitrogen and oxygen atoms in total. The molecule has 0 spiro atoms. The quantitative estimate of drug-likeness (QED) is 0.0540. The fraction of sp³-hybridized carbons (Fsp3) is 0.0741. The predicted molar refractivity (Wildman–Crippen MR) is 506 cm³/mol. The van der Waals surface area contributed by atoms with Gasteiger partial charge < -0.3 is 9.80 Å². The average Bonchev–Trinajstić information content (AvgIpc) is 0.699. The minimum Gasteiger partial charge on any atom is -0.311 e. The van der Waals surface area contributed by atoms with E-state index in [-0.39, 0.29) is 13.4 Å². The summed E-state index contributed by atoms with van der Waals surface area (Å²) in [5, 5.41) is 24.0. The molecule has 0 aliphatic rings. The van der Waals surface area contributed by atoms with Gasteiger partial charge in [-0.3, -0.25) is 0 Å². The van der Waals surface area contributed by atoms with Gasteiger partial charge in [-0.25, -0.2) is 0 Å². The zero-order valence-corrected chi connectivity index (χ0v) is 68.0. The number of anilines is 6. The highest BCUT2D eigenvalue weighted by Gasteiger charge is 2.32. The minimum absolute atomic E-state index is 0.0848. The van der Waals surface area contributed by atoms with Crippen LogP contribution in [0.1, 0.15) is 11.1 Å². The summed E-state index contributed by atoms with van der Waals surface area (Å²) >= 11 is 0. The first-order valence-electron chi connectivity index (χ1n) is 40.3. The molecule has 0 aromatic heterocycles. The van der Waals surface area contributed by atoms with E-state index in [0.29, 0.717) is 0 Å². The lowest BCUT2D eigenvalue weighted by molar-refractivity contribution is 1.28. The number of aryl methyl sites for hydroxylation is 2. The summed E-state index contributed by atoms with van der Waals surface area (Å²) in [7, 11) is -2.94. The van der Waals surface area contributed by atoms with Crippen molar-refractivity contribution in [2.24, 2.45) is 0 Å². The fourth-order valence-electron chi connectivity index (χ4n) is 18.5. The highest BCUT2D eigenvalue weighted by Crippen LogP contribution is 2.51. The first-order valence-corrected chi connectivity index (χ1v) is 47.3. The molecule has 0 unspecified atom stereocenters. The Bertz CT molecular complexity index is 6720. The lowest BCUT2D eigenvalue weighted by Crippen LogP contribution is -2.53. The van der Waals surface area contributed by atoms with Gasteiger partial charge in [0.15, 0.2) is 0 Å². The third kappa shape index (κ3) is 12.8. The monoisotopic (exact) mass is 1490 g/mol. The molecule has 114 heavy (non-hydrogen) atoms. The van der Waals surface area contributed by atoms with E-state index in [0.717, 1.165) is 28.4 Å². The molecule has 0 saturated heterocycles. The summed E-state index contributed by atoms with van der Waals surface area (Å²) in [5.74, 6) is 0. The molecule has 0 atom stereocenters. The molecule has 0 radical (unpaired) electrons. The van der Waals surface area contributed by atoms with Crippen LogP contribution in [-0.2, 0) is 0 Å². The van der Waals surface area contributed by atoms with Crippen LogP contribution in [0, 0.1) is 13.8 Å². The lowest BCUT2D eigenvalue weighted by atomic mass is 9.36. The number of para-hydroxylation sites is 4. The second-order valence-corrected chi connectivity index (χ2v) is 43.3. The fourth-order valence-corrected chi connectivity index (χ4v) is 20.8. The lowest BCUT2D eigenvalue weighted by Gasteiger charge is -2.30. The maximum Gasteiger partial charge on any atom is 0.242 e. The van der Waals surface area contributed by atoms with Gasteiger partial charge in [-0.2, -0.15) is 0 Å². The summed E-state index contributed by atoms with van der Waals surface area (Å²) in [6, 6.07) is 144. The van der Waals surface area contributed by atoms with Gasteiger partial charge in [0, 0.05) is 39.2 Å². The van der Waals surface area contributed by atoms with Crippen LogP contribution in [0.5, 0.6) is 0 Å². The van der Waals surface area contributed by atoms with Crippen LogP contribution in [0.3, 0.4) is 0 Å². The van der Waals surface area contributed by atoms with Crippen molar-refractivity contribution < 1.29 is 0 Å². The smallest absolute Gasteiger partial charge is 0.242 e. The SMILES string of the molecule is Cc1cc(N(c2ccccc2)c2ccccc2)c2c3ccccc3c3c(C)cc(B(c4ccc([Si](C)(C)C)cc4)c4ccc([Si](C)(C)C)cc4)c4ccc1c2c43.c1ccc(B(c2ccccc2)c2ccc(-c3ccc4c5ccccc5c5c(-c6ccc(N(c7ccccc7)c7ccccc7)cc6)ccc6ccc3c4c65)cc2)cc1. The van der Waals surface area contributed by atoms with Crippen LogP contribution in [0.25, 0.3) is 108 Å². The Morgan fingerprint density at radius 2 is 0.579 bits per heavy atom. The van der Waals surface area contributed by atoms with Crippen LogP contribution in [0.2, 0.25) is 39.3 Å². The van der Waals surface area contributed by atoms with E-state index in [1.807, 2.05) is 0 Å². The van der Waals surface area contributed by atoms with Crippen LogP contribution in [0.4, 0.5) is 34.1 Å². The third-order valence-corrected chi connectivity index (χ3v) is 28.1. The Labute approximate surface area is 672 Å². The summed E-state index contributed by atoms with van der Waals surface area (Å²) < 4.78 is 0. The van der Waals surface area contributed by atoms with E-state index in [9.17, 15) is 0 Å². The molecule has 0 saturated carbocycles. The number of benzene rings is 20. The van der Waals surface area contributed by atoms with Gasteiger partial charge in [-0.1, -0.05) is 404 Å². The van der Waals surface area contributed by atoms with Gasteiger partial charge in [0.2, 0.25) is 13.4 Å². The van der Waals surface area contributed by atoms with Gasteiger partial charge in [0.1, 0.15) is 0 Å². The summed E-state index contributed by atoms with van der Waals surface area (Å²) in [5.41, 5.74) is 22.4. The Morgan fingerprint density at radius 1 is 0.219 bits per heavy atom. The largest absolute Gasteiger partial charge is 0.311 e. The van der Waals surface area contributed by atoms with Crippen molar-refractivity contribution >= 4 is 193 Å². The highest BCUT2D eigenvalue weighted by atomic mass is 28.3. The number of hydrogen-bond acceptors (Lipinski definition) is 2. The van der Waals surface area contributed by atoms with E-state index in [1.165, 1.54) is 168 Å². The predicted octanol–water partition coefficient (Wildman–Crippen LogP) is 24.5. The number of fused-ring (bicyclic) bond motifs is 6. The molecule has 544 valence electrons. The Kier molecular flexibility index (Phi) is 18.4. The Hall–Kier alpha value is -12.8. The normalized spacial score (nSPS) is 11.9. The topological polar surface area (TPSA) is 6.48 Å². The van der Waals surface area contributed by atoms with E-state index in [2.05, 4.69) is 451 Å². The molecule has 20 aromatic carbocycles. The standard InChI is InChI=1S/C56H38BN.C52H50BNSi2/c1-5-15-42(16-6-1)57(43-17-7-2-8-18-43)44-31-25-39(26-32-44)48-37-38-53-50-23-13-14-24-51(50)55-49(35-29-41-30-36-52(48)56(53)54(41)55)40-27-33-47(34-28-40)58(45-19-9-3-10-20-45)46-21-11-4-12-22-46;1-35-34-48(54(39-17-11-9-12-18-39)40-19-13-10-14-20-40)50-45-22-16-15-21-44(45)49-36(2)33-47(46-32-31-43(35)51(50)52(46)49)53(37-23-27-41(28-24-37)55(3,4)5)38-25-29-42(30-26-38)56(6,7)8/h1-38H;9-34H,1-8H3. The molecule has 0 aliphatic heterocycles. The Balaban J connectivity index is 0.000000153. The molecule has 0 aliphatic carbocycles. The maximum atomic E-state index is 2.52. The maximum absolute atomic E-state index is 2.52. The zero-order valence-electron chi connectivity index (χ0n) is 66.0. The van der Waals surface area contributed by atoms with Gasteiger partial charge >= 0.3 is 0 Å². The van der Waals surface area contributed by atoms with E-state index >= 15 is 0 Å². The first kappa shape index (κ1) is 71.5. The van der Waals surface area contributed by atoms with Crippen LogP contribution >= 0.6 is 0 Å². The van der Waals surface area contributed by atoms with Gasteiger partial charge in [0.05, 0.1) is 21.8 Å². The molecule has 0 heterocycles. The summed E-state index contributed by atoms with van der Waals surface area (Å²) in [6.07, 6.45) is 0. The second-order valence-electron chi connectivity index (χ2n) is 33.1. The summed E-state index contributed by atoms with van der Waals surface area (Å²) in [4.78, 5) is 4.78. The van der Waals surface area contributed by atoms with Crippen LogP contribution in [-0.4, -0.2) is 29.6 Å². The molecule has 20 aromatic rings. The first-order chi connectivity index (χ1) is 55.7. The van der Waals surface area contributed by atoms with Gasteiger partial charge in [-0.05, 0) is 189 Å². The third-order valence-electron chi connectivity index (χ3n) is 24.0. The Morgan fingerprint density at radius 3 is 1.10 bits per heavy atom. The van der Waals surface area contributed by atoms with E-state index in [1.54, 1.807) is 0 Å².